The largest absolute Gasteiger partial charge is 0.302 e. The molecule has 0 unspecified atom stereocenters. The molecule has 1 amide bonds. The van der Waals surface area contributed by atoms with Gasteiger partial charge in [-0.15, -0.1) is 11.8 Å². The van der Waals surface area contributed by atoms with E-state index in [-0.39, 0.29) is 11.8 Å². The summed E-state index contributed by atoms with van der Waals surface area (Å²) in [6.07, 6.45) is 7.77. The van der Waals surface area contributed by atoms with Gasteiger partial charge in [-0.2, -0.15) is 0 Å². The molecule has 1 aliphatic carbocycles. The van der Waals surface area contributed by atoms with Gasteiger partial charge in [0.15, 0.2) is 5.13 Å². The van der Waals surface area contributed by atoms with Crippen molar-refractivity contribution in [3.05, 3.63) is 18.2 Å². The molecule has 27 heavy (non-hydrogen) atoms. The first-order valence-electron chi connectivity index (χ1n) is 10.1. The molecule has 0 radical (unpaired) electrons. The maximum Gasteiger partial charge on any atom is 0.231 e. The molecular formula is C21H31N3OS2. The van der Waals surface area contributed by atoms with E-state index in [0.717, 1.165) is 49.7 Å². The summed E-state index contributed by atoms with van der Waals surface area (Å²) < 4.78 is 1.17. The molecule has 1 saturated carbocycles. The van der Waals surface area contributed by atoms with Gasteiger partial charge in [0.2, 0.25) is 5.91 Å². The van der Waals surface area contributed by atoms with E-state index in [2.05, 4.69) is 43.2 Å². The molecule has 4 nitrogen and oxygen atoms in total. The van der Waals surface area contributed by atoms with Gasteiger partial charge in [0.1, 0.15) is 0 Å². The number of carbonyl (C=O) groups is 1. The van der Waals surface area contributed by atoms with Crippen LogP contribution in [0, 0.1) is 5.92 Å². The van der Waals surface area contributed by atoms with Gasteiger partial charge >= 0.3 is 0 Å². The molecule has 148 valence electrons. The summed E-state index contributed by atoms with van der Waals surface area (Å²) in [4.78, 5) is 23.8. The fourth-order valence-corrected chi connectivity index (χ4v) is 5.34. The lowest BCUT2D eigenvalue weighted by molar-refractivity contribution is -0.123. The van der Waals surface area contributed by atoms with E-state index in [4.69, 9.17) is 4.98 Å². The lowest BCUT2D eigenvalue weighted by Gasteiger charge is -2.29. The van der Waals surface area contributed by atoms with Crippen molar-refractivity contribution in [3.8, 4) is 0 Å². The third-order valence-electron chi connectivity index (χ3n) is 5.57. The van der Waals surface area contributed by atoms with Gasteiger partial charge in [0.25, 0.3) is 0 Å². The topological polar surface area (TPSA) is 36.4 Å². The smallest absolute Gasteiger partial charge is 0.231 e. The van der Waals surface area contributed by atoms with E-state index in [1.165, 1.54) is 28.9 Å². The summed E-state index contributed by atoms with van der Waals surface area (Å²) in [5.74, 6) is 0.454. The van der Waals surface area contributed by atoms with Gasteiger partial charge in [-0.25, -0.2) is 4.98 Å². The van der Waals surface area contributed by atoms with Crippen molar-refractivity contribution < 1.29 is 4.79 Å². The second-order valence-corrected chi connectivity index (χ2v) is 9.07. The van der Waals surface area contributed by atoms with Crippen LogP contribution in [0.15, 0.2) is 23.1 Å². The summed E-state index contributed by atoms with van der Waals surface area (Å²) in [5, 5.41) is 0.867. The molecule has 2 aromatic rings. The Morgan fingerprint density at radius 3 is 2.59 bits per heavy atom. The number of hydrogen-bond acceptors (Lipinski definition) is 5. The Balaban J connectivity index is 1.86. The minimum atomic E-state index is 0.171. The zero-order valence-corrected chi connectivity index (χ0v) is 18.4. The lowest BCUT2D eigenvalue weighted by Crippen LogP contribution is -2.42. The van der Waals surface area contributed by atoms with Gasteiger partial charge in [-0.1, -0.05) is 44.4 Å². The molecule has 0 saturated heterocycles. The van der Waals surface area contributed by atoms with Crippen LogP contribution in [0.25, 0.3) is 10.2 Å². The predicted octanol–water partition coefficient (Wildman–Crippen LogP) is 5.27. The van der Waals surface area contributed by atoms with Crippen LogP contribution < -0.4 is 4.90 Å². The maximum absolute atomic E-state index is 13.4. The third-order valence-corrected chi connectivity index (χ3v) is 7.34. The lowest BCUT2D eigenvalue weighted by atomic mass is 9.88. The summed E-state index contributed by atoms with van der Waals surface area (Å²) in [6.45, 7) is 8.01. The van der Waals surface area contributed by atoms with Crippen molar-refractivity contribution in [2.45, 2.75) is 50.8 Å². The number of hydrogen-bond donors (Lipinski definition) is 0. The highest BCUT2D eigenvalue weighted by molar-refractivity contribution is 7.98. The molecule has 0 bridgehead atoms. The molecule has 0 atom stereocenters. The number of rotatable bonds is 8. The molecule has 1 fully saturated rings. The molecule has 0 N–H and O–H groups in total. The summed E-state index contributed by atoms with van der Waals surface area (Å²) in [6, 6.07) is 6.38. The van der Waals surface area contributed by atoms with E-state index < -0.39 is 0 Å². The number of anilines is 1. The fraction of sp³-hybridized carbons (Fsp3) is 0.619. The molecule has 1 aliphatic rings. The van der Waals surface area contributed by atoms with Crippen LogP contribution in [0.3, 0.4) is 0 Å². The Morgan fingerprint density at radius 2 is 1.93 bits per heavy atom. The Hall–Kier alpha value is -1.11. The fourth-order valence-electron chi connectivity index (χ4n) is 3.79. The zero-order chi connectivity index (χ0) is 19.2. The quantitative estimate of drug-likeness (QED) is 0.560. The SMILES string of the molecule is CCN(CC)CCN(C(=O)C1CCCCC1)c1nc2ccc(SC)cc2s1. The average Bonchev–Trinajstić information content (AvgIpc) is 3.14. The highest BCUT2D eigenvalue weighted by Crippen LogP contribution is 2.34. The zero-order valence-electron chi connectivity index (χ0n) is 16.7. The number of benzene rings is 1. The van der Waals surface area contributed by atoms with Gasteiger partial charge in [0, 0.05) is 23.9 Å². The molecule has 6 heteroatoms. The number of amides is 1. The van der Waals surface area contributed by atoms with Crippen LogP contribution in [0.2, 0.25) is 0 Å². The van der Waals surface area contributed by atoms with Gasteiger partial charge in [0.05, 0.1) is 10.2 Å². The molecule has 1 aromatic heterocycles. The van der Waals surface area contributed by atoms with Crippen molar-refractivity contribution in [1.29, 1.82) is 0 Å². The second kappa shape index (κ2) is 9.89. The Labute approximate surface area is 171 Å². The minimum Gasteiger partial charge on any atom is -0.302 e. The average molecular weight is 406 g/mol. The number of aromatic nitrogens is 1. The van der Waals surface area contributed by atoms with Crippen molar-refractivity contribution in [3.63, 3.8) is 0 Å². The van der Waals surface area contributed by atoms with Crippen LogP contribution in [0.1, 0.15) is 46.0 Å². The van der Waals surface area contributed by atoms with E-state index in [1.54, 1.807) is 23.1 Å². The number of thiazole rings is 1. The van der Waals surface area contributed by atoms with E-state index in [9.17, 15) is 4.79 Å². The van der Waals surface area contributed by atoms with Crippen molar-refractivity contribution >= 4 is 44.4 Å². The Bertz CT molecular complexity index is 751. The Kier molecular flexibility index (Phi) is 7.56. The first-order valence-corrected chi connectivity index (χ1v) is 12.2. The van der Waals surface area contributed by atoms with E-state index in [1.807, 2.05) is 4.90 Å². The predicted molar refractivity (Wildman–Crippen MR) is 118 cm³/mol. The highest BCUT2D eigenvalue weighted by Gasteiger charge is 2.28. The van der Waals surface area contributed by atoms with Gasteiger partial charge in [-0.3, -0.25) is 9.69 Å². The van der Waals surface area contributed by atoms with E-state index in [0.29, 0.717) is 0 Å². The standard InChI is InChI=1S/C21H31N3OS2/c1-4-23(5-2)13-14-24(20(25)16-9-7-6-8-10-16)21-22-18-12-11-17(26-3)15-19(18)27-21/h11-12,15-16H,4-10,13-14H2,1-3H3. The molecule has 0 spiro atoms. The summed E-state index contributed by atoms with van der Waals surface area (Å²) in [7, 11) is 0. The first kappa shape index (κ1) is 20.6. The number of thioether (sulfide) groups is 1. The van der Waals surface area contributed by atoms with Gasteiger partial charge < -0.3 is 4.90 Å². The molecule has 1 aromatic carbocycles. The molecule has 1 heterocycles. The normalized spacial score (nSPS) is 15.6. The van der Waals surface area contributed by atoms with Crippen LogP contribution in [0.4, 0.5) is 5.13 Å². The van der Waals surface area contributed by atoms with Crippen LogP contribution >= 0.6 is 23.1 Å². The first-order chi connectivity index (χ1) is 13.2. The van der Waals surface area contributed by atoms with E-state index >= 15 is 0 Å². The molecule has 3 rings (SSSR count). The molecule has 0 aliphatic heterocycles. The number of carbonyl (C=O) groups excluding carboxylic acids is 1. The Morgan fingerprint density at radius 1 is 1.19 bits per heavy atom. The third kappa shape index (κ3) is 5.04. The molecular weight excluding hydrogens is 374 g/mol. The highest BCUT2D eigenvalue weighted by atomic mass is 32.2. The maximum atomic E-state index is 13.4. The number of likely N-dealkylation sites (N-methyl/N-ethyl adjacent to an activating group) is 1. The van der Waals surface area contributed by atoms with Crippen molar-refractivity contribution in [2.75, 3.05) is 37.3 Å². The van der Waals surface area contributed by atoms with Crippen LogP contribution in [-0.4, -0.2) is 48.2 Å². The number of fused-ring (bicyclic) bond motifs is 1. The van der Waals surface area contributed by atoms with Crippen molar-refractivity contribution in [1.82, 2.24) is 9.88 Å². The van der Waals surface area contributed by atoms with Crippen LogP contribution in [0.5, 0.6) is 0 Å². The van der Waals surface area contributed by atoms with Crippen LogP contribution in [-0.2, 0) is 4.79 Å². The number of nitrogens with zero attached hydrogens (tertiary/aromatic N) is 3. The second-order valence-electron chi connectivity index (χ2n) is 7.18. The minimum absolute atomic E-state index is 0.171. The monoisotopic (exact) mass is 405 g/mol. The summed E-state index contributed by atoms with van der Waals surface area (Å²) >= 11 is 3.40. The van der Waals surface area contributed by atoms with Crippen molar-refractivity contribution in [2.24, 2.45) is 5.92 Å². The van der Waals surface area contributed by atoms with Gasteiger partial charge in [-0.05, 0) is 50.4 Å². The summed E-state index contributed by atoms with van der Waals surface area (Å²) in [5.41, 5.74) is 0.997.